The Kier molecular flexibility index (Phi) is 4.78. The van der Waals surface area contributed by atoms with Gasteiger partial charge in [0.2, 0.25) is 5.91 Å². The third-order valence-corrected chi connectivity index (χ3v) is 3.23. The molecule has 0 saturated carbocycles. The molecule has 15 heavy (non-hydrogen) atoms. The summed E-state index contributed by atoms with van der Waals surface area (Å²) in [5.74, 6) is 0.0770. The van der Waals surface area contributed by atoms with Crippen molar-refractivity contribution >= 4 is 17.2 Å². The number of hydrogen-bond acceptors (Lipinski definition) is 3. The van der Waals surface area contributed by atoms with E-state index in [2.05, 4.69) is 5.32 Å². The number of carbonyl (C=O) groups is 1. The summed E-state index contributed by atoms with van der Waals surface area (Å²) in [5.41, 5.74) is 5.59. The maximum atomic E-state index is 11.5. The SMILES string of the molecule is CC(N)CCC(=O)N[C@H](C)c1cccs1. The first-order valence-electron chi connectivity index (χ1n) is 5.18. The van der Waals surface area contributed by atoms with Crippen LogP contribution in [0.4, 0.5) is 0 Å². The summed E-state index contributed by atoms with van der Waals surface area (Å²) >= 11 is 1.66. The van der Waals surface area contributed by atoms with E-state index in [9.17, 15) is 4.79 Å². The Balaban J connectivity index is 2.32. The third-order valence-electron chi connectivity index (χ3n) is 2.17. The van der Waals surface area contributed by atoms with Crippen LogP contribution in [0.2, 0.25) is 0 Å². The Labute approximate surface area is 94.7 Å². The van der Waals surface area contributed by atoms with Gasteiger partial charge >= 0.3 is 0 Å². The van der Waals surface area contributed by atoms with Gasteiger partial charge in [-0.05, 0) is 31.7 Å². The van der Waals surface area contributed by atoms with Gasteiger partial charge in [0.25, 0.3) is 0 Å². The van der Waals surface area contributed by atoms with Gasteiger partial charge in [0.1, 0.15) is 0 Å². The zero-order valence-corrected chi connectivity index (χ0v) is 10.0. The molecule has 2 atom stereocenters. The maximum Gasteiger partial charge on any atom is 0.220 e. The van der Waals surface area contributed by atoms with Crippen molar-refractivity contribution in [3.05, 3.63) is 22.4 Å². The van der Waals surface area contributed by atoms with E-state index in [0.717, 1.165) is 6.42 Å². The highest BCUT2D eigenvalue weighted by Gasteiger charge is 2.10. The molecule has 1 unspecified atom stereocenters. The lowest BCUT2D eigenvalue weighted by Gasteiger charge is -2.12. The van der Waals surface area contributed by atoms with Crippen molar-refractivity contribution in [1.82, 2.24) is 5.32 Å². The van der Waals surface area contributed by atoms with Crippen LogP contribution >= 0.6 is 11.3 Å². The van der Waals surface area contributed by atoms with E-state index in [4.69, 9.17) is 5.73 Å². The second-order valence-electron chi connectivity index (χ2n) is 3.82. The van der Waals surface area contributed by atoms with Crippen LogP contribution < -0.4 is 11.1 Å². The molecule has 0 radical (unpaired) electrons. The quantitative estimate of drug-likeness (QED) is 0.807. The van der Waals surface area contributed by atoms with Crippen LogP contribution in [0.25, 0.3) is 0 Å². The van der Waals surface area contributed by atoms with Crippen LogP contribution in [-0.2, 0) is 4.79 Å². The predicted molar refractivity (Wildman–Crippen MR) is 63.8 cm³/mol. The molecule has 0 aliphatic carbocycles. The first kappa shape index (κ1) is 12.2. The minimum absolute atomic E-state index is 0.0770. The summed E-state index contributed by atoms with van der Waals surface area (Å²) in [6, 6.07) is 4.21. The predicted octanol–water partition coefficient (Wildman–Crippen LogP) is 2.05. The minimum Gasteiger partial charge on any atom is -0.349 e. The zero-order valence-electron chi connectivity index (χ0n) is 9.19. The van der Waals surface area contributed by atoms with Crippen molar-refractivity contribution < 1.29 is 4.79 Å². The van der Waals surface area contributed by atoms with Crippen LogP contribution in [0.3, 0.4) is 0 Å². The first-order valence-corrected chi connectivity index (χ1v) is 6.06. The first-order chi connectivity index (χ1) is 7.09. The summed E-state index contributed by atoms with van der Waals surface area (Å²) in [4.78, 5) is 12.7. The fraction of sp³-hybridized carbons (Fsp3) is 0.545. The summed E-state index contributed by atoms with van der Waals surface area (Å²) in [6.07, 6.45) is 1.25. The molecule has 84 valence electrons. The lowest BCUT2D eigenvalue weighted by Crippen LogP contribution is -2.27. The molecule has 3 N–H and O–H groups in total. The number of thiophene rings is 1. The van der Waals surface area contributed by atoms with Gasteiger partial charge in [0.15, 0.2) is 0 Å². The molecule has 1 aromatic heterocycles. The molecule has 0 saturated heterocycles. The molecule has 0 spiro atoms. The van der Waals surface area contributed by atoms with Gasteiger partial charge in [0.05, 0.1) is 6.04 Å². The molecule has 0 aliphatic heterocycles. The van der Waals surface area contributed by atoms with Gasteiger partial charge in [-0.3, -0.25) is 4.79 Å². The van der Waals surface area contributed by atoms with E-state index >= 15 is 0 Å². The second kappa shape index (κ2) is 5.88. The van der Waals surface area contributed by atoms with Crippen molar-refractivity contribution in [2.75, 3.05) is 0 Å². The van der Waals surface area contributed by atoms with Gasteiger partial charge < -0.3 is 11.1 Å². The Hall–Kier alpha value is -0.870. The molecule has 0 aliphatic rings. The van der Waals surface area contributed by atoms with Crippen molar-refractivity contribution in [3.8, 4) is 0 Å². The van der Waals surface area contributed by atoms with Gasteiger partial charge in [-0.1, -0.05) is 6.07 Å². The fourth-order valence-electron chi connectivity index (χ4n) is 1.28. The molecule has 0 aromatic carbocycles. The lowest BCUT2D eigenvalue weighted by atomic mass is 10.2. The molecule has 1 aromatic rings. The monoisotopic (exact) mass is 226 g/mol. The molecule has 1 amide bonds. The molecule has 1 heterocycles. The lowest BCUT2D eigenvalue weighted by molar-refractivity contribution is -0.121. The average molecular weight is 226 g/mol. The molecule has 4 heteroatoms. The summed E-state index contributed by atoms with van der Waals surface area (Å²) in [6.45, 7) is 3.91. The zero-order chi connectivity index (χ0) is 11.3. The highest BCUT2D eigenvalue weighted by molar-refractivity contribution is 7.10. The number of rotatable bonds is 5. The van der Waals surface area contributed by atoms with Gasteiger partial charge in [0, 0.05) is 17.3 Å². The van der Waals surface area contributed by atoms with Crippen LogP contribution in [0.5, 0.6) is 0 Å². The minimum atomic E-state index is 0.0770. The van der Waals surface area contributed by atoms with Crippen LogP contribution in [0.15, 0.2) is 17.5 Å². The van der Waals surface area contributed by atoms with E-state index in [1.54, 1.807) is 11.3 Å². The highest BCUT2D eigenvalue weighted by Crippen LogP contribution is 2.18. The highest BCUT2D eigenvalue weighted by atomic mass is 32.1. The summed E-state index contributed by atoms with van der Waals surface area (Å²) < 4.78 is 0. The smallest absolute Gasteiger partial charge is 0.220 e. The van der Waals surface area contributed by atoms with E-state index < -0.39 is 0 Å². The van der Waals surface area contributed by atoms with Crippen molar-refractivity contribution in [2.45, 2.75) is 38.8 Å². The number of carbonyl (C=O) groups excluding carboxylic acids is 1. The molecule has 1 rings (SSSR count). The molecular formula is C11H18N2OS. The van der Waals surface area contributed by atoms with Crippen molar-refractivity contribution in [2.24, 2.45) is 5.73 Å². The average Bonchev–Trinajstić information content (AvgIpc) is 2.67. The van der Waals surface area contributed by atoms with Crippen molar-refractivity contribution in [1.29, 1.82) is 0 Å². The van der Waals surface area contributed by atoms with E-state index in [-0.39, 0.29) is 18.0 Å². The Morgan fingerprint density at radius 2 is 2.33 bits per heavy atom. The number of hydrogen-bond donors (Lipinski definition) is 2. The van der Waals surface area contributed by atoms with Crippen LogP contribution in [0.1, 0.15) is 37.6 Å². The Bertz CT molecular complexity index is 296. The number of nitrogens with one attached hydrogen (secondary N) is 1. The standard InChI is InChI=1S/C11H18N2OS/c1-8(12)5-6-11(14)13-9(2)10-4-3-7-15-10/h3-4,7-9H,5-6,12H2,1-2H3,(H,13,14)/t8?,9-/m1/s1. The number of nitrogens with two attached hydrogens (primary N) is 1. The third kappa shape index (κ3) is 4.44. The van der Waals surface area contributed by atoms with Crippen LogP contribution in [-0.4, -0.2) is 11.9 Å². The normalized spacial score (nSPS) is 14.6. The largest absolute Gasteiger partial charge is 0.349 e. The van der Waals surface area contributed by atoms with Gasteiger partial charge in [-0.25, -0.2) is 0 Å². The topological polar surface area (TPSA) is 55.1 Å². The fourth-order valence-corrected chi connectivity index (χ4v) is 2.02. The van der Waals surface area contributed by atoms with E-state index in [0.29, 0.717) is 6.42 Å². The molecular weight excluding hydrogens is 208 g/mol. The van der Waals surface area contributed by atoms with Crippen LogP contribution in [0, 0.1) is 0 Å². The summed E-state index contributed by atoms with van der Waals surface area (Å²) in [7, 11) is 0. The second-order valence-corrected chi connectivity index (χ2v) is 4.80. The molecule has 0 bridgehead atoms. The Morgan fingerprint density at radius 3 is 2.87 bits per heavy atom. The summed E-state index contributed by atoms with van der Waals surface area (Å²) in [5, 5.41) is 4.97. The van der Waals surface area contributed by atoms with E-state index in [1.807, 2.05) is 31.4 Å². The van der Waals surface area contributed by atoms with E-state index in [1.165, 1.54) is 4.88 Å². The molecule has 0 fully saturated rings. The van der Waals surface area contributed by atoms with Crippen molar-refractivity contribution in [3.63, 3.8) is 0 Å². The number of amides is 1. The molecule has 3 nitrogen and oxygen atoms in total. The van der Waals surface area contributed by atoms with Gasteiger partial charge in [-0.15, -0.1) is 11.3 Å². The Morgan fingerprint density at radius 1 is 1.60 bits per heavy atom. The van der Waals surface area contributed by atoms with Gasteiger partial charge in [-0.2, -0.15) is 0 Å². The maximum absolute atomic E-state index is 11.5.